The molecule has 1 fully saturated rings. The smallest absolute Gasteiger partial charge is 0.234 e. The van der Waals surface area contributed by atoms with Crippen molar-refractivity contribution in [3.8, 4) is 0 Å². The third-order valence-corrected chi connectivity index (χ3v) is 3.67. The minimum Gasteiger partial charge on any atom is -0.355 e. The Morgan fingerprint density at radius 3 is 2.39 bits per heavy atom. The molecule has 0 bridgehead atoms. The SMILES string of the molecule is CCCNC(=O)CN1CCN(C(C)(C)CN)CC1. The standard InChI is InChI=1S/C13H28N4O/c1-4-5-15-12(18)10-16-6-8-17(9-7-16)13(2,3)11-14/h4-11,14H2,1-3H3,(H,15,18). The minimum absolute atomic E-state index is 0.0660. The van der Waals surface area contributed by atoms with Crippen LogP contribution in [0.3, 0.4) is 0 Å². The van der Waals surface area contributed by atoms with Gasteiger partial charge >= 0.3 is 0 Å². The number of hydrogen-bond donors (Lipinski definition) is 2. The van der Waals surface area contributed by atoms with Crippen molar-refractivity contribution in [3.05, 3.63) is 0 Å². The Morgan fingerprint density at radius 2 is 1.89 bits per heavy atom. The van der Waals surface area contributed by atoms with Crippen molar-refractivity contribution < 1.29 is 4.79 Å². The van der Waals surface area contributed by atoms with Gasteiger partial charge in [0.15, 0.2) is 0 Å². The summed E-state index contributed by atoms with van der Waals surface area (Å²) < 4.78 is 0. The highest BCUT2D eigenvalue weighted by Crippen LogP contribution is 2.15. The summed E-state index contributed by atoms with van der Waals surface area (Å²) in [5, 5.41) is 2.92. The van der Waals surface area contributed by atoms with E-state index in [1.165, 1.54) is 0 Å². The molecule has 106 valence electrons. The molecule has 5 nitrogen and oxygen atoms in total. The number of carbonyl (C=O) groups is 1. The number of nitrogens with zero attached hydrogens (tertiary/aromatic N) is 2. The van der Waals surface area contributed by atoms with E-state index in [4.69, 9.17) is 5.73 Å². The van der Waals surface area contributed by atoms with E-state index in [9.17, 15) is 4.79 Å². The molecular formula is C13H28N4O. The maximum absolute atomic E-state index is 11.6. The fraction of sp³-hybridized carbons (Fsp3) is 0.923. The Balaban J connectivity index is 2.29. The summed E-state index contributed by atoms with van der Waals surface area (Å²) in [7, 11) is 0. The van der Waals surface area contributed by atoms with Crippen molar-refractivity contribution in [2.45, 2.75) is 32.7 Å². The topological polar surface area (TPSA) is 61.6 Å². The summed E-state index contributed by atoms with van der Waals surface area (Å²) in [6.07, 6.45) is 0.990. The van der Waals surface area contributed by atoms with Gasteiger partial charge in [-0.3, -0.25) is 14.6 Å². The van der Waals surface area contributed by atoms with Crippen molar-refractivity contribution in [3.63, 3.8) is 0 Å². The Morgan fingerprint density at radius 1 is 1.28 bits per heavy atom. The average molecular weight is 256 g/mol. The number of carbonyl (C=O) groups excluding carboxylic acids is 1. The zero-order valence-electron chi connectivity index (χ0n) is 12.0. The Hall–Kier alpha value is -0.650. The molecule has 0 aromatic carbocycles. The summed E-state index contributed by atoms with van der Waals surface area (Å²) >= 11 is 0. The highest BCUT2D eigenvalue weighted by Gasteiger charge is 2.28. The molecule has 18 heavy (non-hydrogen) atoms. The lowest BCUT2D eigenvalue weighted by Gasteiger charge is -2.43. The van der Waals surface area contributed by atoms with Crippen molar-refractivity contribution in [1.29, 1.82) is 0 Å². The zero-order chi connectivity index (χ0) is 13.6. The van der Waals surface area contributed by atoms with E-state index >= 15 is 0 Å². The molecule has 1 heterocycles. The normalized spacial score (nSPS) is 18.9. The fourth-order valence-electron chi connectivity index (χ4n) is 2.16. The first-order chi connectivity index (χ1) is 8.49. The lowest BCUT2D eigenvalue weighted by molar-refractivity contribution is -0.122. The quantitative estimate of drug-likeness (QED) is 0.695. The lowest BCUT2D eigenvalue weighted by Crippen LogP contribution is -2.58. The number of nitrogens with two attached hydrogens (primary N) is 1. The molecule has 1 amide bonds. The summed E-state index contributed by atoms with van der Waals surface area (Å²) in [4.78, 5) is 16.2. The maximum atomic E-state index is 11.6. The molecule has 0 saturated carbocycles. The van der Waals surface area contributed by atoms with Crippen LogP contribution >= 0.6 is 0 Å². The molecule has 0 spiro atoms. The van der Waals surface area contributed by atoms with Gasteiger partial charge in [-0.05, 0) is 20.3 Å². The highest BCUT2D eigenvalue weighted by molar-refractivity contribution is 5.77. The van der Waals surface area contributed by atoms with Crippen LogP contribution in [0.4, 0.5) is 0 Å². The van der Waals surface area contributed by atoms with Crippen LogP contribution in [-0.4, -0.2) is 67.1 Å². The molecule has 0 aromatic heterocycles. The molecule has 1 aliphatic heterocycles. The third kappa shape index (κ3) is 4.55. The molecule has 3 N–H and O–H groups in total. The summed E-state index contributed by atoms with van der Waals surface area (Å²) in [5.41, 5.74) is 5.85. The van der Waals surface area contributed by atoms with Crippen molar-refractivity contribution in [1.82, 2.24) is 15.1 Å². The molecule has 0 aliphatic carbocycles. The Bertz CT molecular complexity index is 260. The monoisotopic (exact) mass is 256 g/mol. The van der Waals surface area contributed by atoms with Crippen LogP contribution in [0.5, 0.6) is 0 Å². The lowest BCUT2D eigenvalue weighted by atomic mass is 10.0. The van der Waals surface area contributed by atoms with Crippen LogP contribution in [0, 0.1) is 0 Å². The van der Waals surface area contributed by atoms with Crippen LogP contribution in [0.1, 0.15) is 27.2 Å². The molecule has 0 radical (unpaired) electrons. The van der Waals surface area contributed by atoms with E-state index in [1.54, 1.807) is 0 Å². The van der Waals surface area contributed by atoms with Crippen molar-refractivity contribution in [2.75, 3.05) is 45.8 Å². The van der Waals surface area contributed by atoms with Gasteiger partial charge in [0.1, 0.15) is 0 Å². The molecule has 0 atom stereocenters. The Kier molecular flexibility index (Phi) is 6.05. The average Bonchev–Trinajstić information content (AvgIpc) is 2.37. The van der Waals surface area contributed by atoms with Gasteiger partial charge in [-0.1, -0.05) is 6.92 Å². The zero-order valence-corrected chi connectivity index (χ0v) is 12.0. The first kappa shape index (κ1) is 15.4. The van der Waals surface area contributed by atoms with Crippen molar-refractivity contribution >= 4 is 5.91 Å². The van der Waals surface area contributed by atoms with Crippen LogP contribution in [-0.2, 0) is 4.79 Å². The molecule has 1 rings (SSSR count). The molecule has 5 heteroatoms. The molecule has 1 aliphatic rings. The van der Waals surface area contributed by atoms with Crippen molar-refractivity contribution in [2.24, 2.45) is 5.73 Å². The minimum atomic E-state index is 0.0660. The van der Waals surface area contributed by atoms with E-state index in [0.29, 0.717) is 13.1 Å². The van der Waals surface area contributed by atoms with E-state index in [1.807, 2.05) is 0 Å². The second-order valence-corrected chi connectivity index (χ2v) is 5.63. The number of hydrogen-bond acceptors (Lipinski definition) is 4. The predicted molar refractivity (Wildman–Crippen MR) is 74.4 cm³/mol. The predicted octanol–water partition coefficient (Wildman–Crippen LogP) is -0.132. The van der Waals surface area contributed by atoms with Gasteiger partial charge in [0, 0.05) is 44.8 Å². The van der Waals surface area contributed by atoms with Gasteiger partial charge < -0.3 is 11.1 Å². The number of rotatable bonds is 6. The highest BCUT2D eigenvalue weighted by atomic mass is 16.2. The number of nitrogens with one attached hydrogen (secondary N) is 1. The Labute approximate surface area is 111 Å². The van der Waals surface area contributed by atoms with Gasteiger partial charge in [-0.15, -0.1) is 0 Å². The summed E-state index contributed by atoms with van der Waals surface area (Å²) in [6, 6.07) is 0. The first-order valence-corrected chi connectivity index (χ1v) is 6.93. The van der Waals surface area contributed by atoms with Crippen LogP contribution in [0.2, 0.25) is 0 Å². The maximum Gasteiger partial charge on any atom is 0.234 e. The number of piperazine rings is 1. The van der Waals surface area contributed by atoms with E-state index in [-0.39, 0.29) is 11.4 Å². The van der Waals surface area contributed by atoms with Crippen LogP contribution < -0.4 is 11.1 Å². The fourth-order valence-corrected chi connectivity index (χ4v) is 2.16. The second kappa shape index (κ2) is 7.07. The first-order valence-electron chi connectivity index (χ1n) is 6.93. The third-order valence-electron chi connectivity index (χ3n) is 3.67. The van der Waals surface area contributed by atoms with Gasteiger partial charge in [-0.25, -0.2) is 0 Å². The van der Waals surface area contributed by atoms with Gasteiger partial charge in [0.2, 0.25) is 5.91 Å². The summed E-state index contributed by atoms with van der Waals surface area (Å²) in [5.74, 6) is 0.142. The molecular weight excluding hydrogens is 228 g/mol. The van der Waals surface area contributed by atoms with E-state index in [2.05, 4.69) is 35.9 Å². The summed E-state index contributed by atoms with van der Waals surface area (Å²) in [6.45, 7) is 12.3. The largest absolute Gasteiger partial charge is 0.355 e. The van der Waals surface area contributed by atoms with Gasteiger partial charge in [0.05, 0.1) is 6.54 Å². The van der Waals surface area contributed by atoms with Crippen LogP contribution in [0.15, 0.2) is 0 Å². The second-order valence-electron chi connectivity index (χ2n) is 5.63. The molecule has 0 unspecified atom stereocenters. The van der Waals surface area contributed by atoms with E-state index in [0.717, 1.165) is 39.1 Å². The van der Waals surface area contributed by atoms with Gasteiger partial charge in [0.25, 0.3) is 0 Å². The number of amides is 1. The molecule has 1 saturated heterocycles. The van der Waals surface area contributed by atoms with Crippen LogP contribution in [0.25, 0.3) is 0 Å². The van der Waals surface area contributed by atoms with Gasteiger partial charge in [-0.2, -0.15) is 0 Å². The molecule has 0 aromatic rings. The van der Waals surface area contributed by atoms with E-state index < -0.39 is 0 Å².